The Morgan fingerprint density at radius 1 is 1.20 bits per heavy atom. The third-order valence-electron chi connectivity index (χ3n) is 3.27. The summed E-state index contributed by atoms with van der Waals surface area (Å²) in [4.78, 5) is 1.43. The fourth-order valence-electron chi connectivity index (χ4n) is 2.42. The molecule has 114 valence electrons. The maximum atomic E-state index is 12.8. The zero-order chi connectivity index (χ0) is 15.2. The standard InChI is InChI=1S/C15H23F3N2/c1-4-10-20(11-15(16,17)18)14-9-7-6-8-12(14)13(5-2)19-3/h6-9,13,19H,4-5,10-11H2,1-3H3. The SMILES string of the molecule is CCCN(CC(F)(F)F)c1ccccc1C(CC)NC. The fraction of sp³-hybridized carbons (Fsp3) is 0.600. The summed E-state index contributed by atoms with van der Waals surface area (Å²) in [5, 5.41) is 3.16. The average molecular weight is 288 g/mol. The molecule has 2 nitrogen and oxygen atoms in total. The van der Waals surface area contributed by atoms with Gasteiger partial charge in [-0.3, -0.25) is 0 Å². The number of hydrogen-bond donors (Lipinski definition) is 1. The normalized spacial score (nSPS) is 13.3. The summed E-state index contributed by atoms with van der Waals surface area (Å²) < 4.78 is 38.3. The molecule has 1 aromatic rings. The van der Waals surface area contributed by atoms with Crippen LogP contribution in [0.25, 0.3) is 0 Å². The Morgan fingerprint density at radius 3 is 2.35 bits per heavy atom. The molecule has 1 unspecified atom stereocenters. The second kappa shape index (κ2) is 7.53. The van der Waals surface area contributed by atoms with E-state index in [0.717, 1.165) is 12.0 Å². The Labute approximate surface area is 119 Å². The van der Waals surface area contributed by atoms with Crippen LogP contribution in [-0.4, -0.2) is 26.3 Å². The number of rotatable bonds is 7. The largest absolute Gasteiger partial charge is 0.405 e. The van der Waals surface area contributed by atoms with Crippen LogP contribution in [0.1, 0.15) is 38.3 Å². The molecule has 0 radical (unpaired) electrons. The second-order valence-corrected chi connectivity index (χ2v) is 4.85. The van der Waals surface area contributed by atoms with E-state index >= 15 is 0 Å². The fourth-order valence-corrected chi connectivity index (χ4v) is 2.42. The maximum absolute atomic E-state index is 12.8. The van der Waals surface area contributed by atoms with Crippen molar-refractivity contribution in [2.45, 2.75) is 38.9 Å². The van der Waals surface area contributed by atoms with Crippen molar-refractivity contribution in [1.82, 2.24) is 5.32 Å². The van der Waals surface area contributed by atoms with Gasteiger partial charge < -0.3 is 10.2 Å². The molecule has 1 atom stereocenters. The van der Waals surface area contributed by atoms with Crippen molar-refractivity contribution in [3.63, 3.8) is 0 Å². The quantitative estimate of drug-likeness (QED) is 0.811. The van der Waals surface area contributed by atoms with Crippen LogP contribution in [0.5, 0.6) is 0 Å². The van der Waals surface area contributed by atoms with E-state index in [0.29, 0.717) is 18.7 Å². The molecule has 0 aliphatic rings. The monoisotopic (exact) mass is 288 g/mol. The van der Waals surface area contributed by atoms with Crippen LogP contribution in [0, 0.1) is 0 Å². The van der Waals surface area contributed by atoms with E-state index in [1.54, 1.807) is 12.1 Å². The molecular formula is C15H23F3N2. The zero-order valence-corrected chi connectivity index (χ0v) is 12.3. The first-order valence-corrected chi connectivity index (χ1v) is 7.00. The number of alkyl halides is 3. The molecule has 0 spiro atoms. The van der Waals surface area contributed by atoms with Crippen LogP contribution in [0.3, 0.4) is 0 Å². The first-order valence-electron chi connectivity index (χ1n) is 7.00. The van der Waals surface area contributed by atoms with Gasteiger partial charge in [0.25, 0.3) is 0 Å². The highest BCUT2D eigenvalue weighted by Gasteiger charge is 2.31. The molecule has 0 fully saturated rings. The van der Waals surface area contributed by atoms with Crippen LogP contribution in [-0.2, 0) is 0 Å². The Morgan fingerprint density at radius 2 is 1.85 bits per heavy atom. The minimum atomic E-state index is -4.19. The van der Waals surface area contributed by atoms with Crippen LogP contribution in [0.15, 0.2) is 24.3 Å². The molecule has 1 N–H and O–H groups in total. The van der Waals surface area contributed by atoms with E-state index in [9.17, 15) is 13.2 Å². The summed E-state index contributed by atoms with van der Waals surface area (Å²) in [5.41, 5.74) is 1.60. The molecular weight excluding hydrogens is 265 g/mol. The summed E-state index contributed by atoms with van der Waals surface area (Å²) >= 11 is 0. The smallest absolute Gasteiger partial charge is 0.362 e. The number of para-hydroxylation sites is 1. The van der Waals surface area contributed by atoms with E-state index in [1.165, 1.54) is 4.90 Å². The lowest BCUT2D eigenvalue weighted by molar-refractivity contribution is -0.119. The molecule has 1 rings (SSSR count). The molecule has 0 heterocycles. The lowest BCUT2D eigenvalue weighted by Crippen LogP contribution is -2.36. The van der Waals surface area contributed by atoms with Gasteiger partial charge in [-0.15, -0.1) is 0 Å². The molecule has 0 amide bonds. The maximum Gasteiger partial charge on any atom is 0.405 e. The van der Waals surface area contributed by atoms with Gasteiger partial charge in [0.1, 0.15) is 6.54 Å². The lowest BCUT2D eigenvalue weighted by Gasteiger charge is -2.30. The predicted molar refractivity (Wildman–Crippen MR) is 77.1 cm³/mol. The number of nitrogens with zero attached hydrogens (tertiary/aromatic N) is 1. The average Bonchev–Trinajstić information content (AvgIpc) is 2.39. The van der Waals surface area contributed by atoms with E-state index in [1.807, 2.05) is 33.0 Å². The van der Waals surface area contributed by atoms with Crippen molar-refractivity contribution in [1.29, 1.82) is 0 Å². The number of nitrogens with one attached hydrogen (secondary N) is 1. The van der Waals surface area contributed by atoms with Gasteiger partial charge in [0, 0.05) is 18.3 Å². The lowest BCUT2D eigenvalue weighted by atomic mass is 10.0. The second-order valence-electron chi connectivity index (χ2n) is 4.85. The molecule has 1 aromatic carbocycles. The topological polar surface area (TPSA) is 15.3 Å². The predicted octanol–water partition coefficient (Wildman–Crippen LogP) is 4.14. The highest BCUT2D eigenvalue weighted by molar-refractivity contribution is 5.55. The Kier molecular flexibility index (Phi) is 6.33. The first kappa shape index (κ1) is 16.8. The van der Waals surface area contributed by atoms with Crippen molar-refractivity contribution < 1.29 is 13.2 Å². The van der Waals surface area contributed by atoms with Gasteiger partial charge in [-0.2, -0.15) is 13.2 Å². The summed E-state index contributed by atoms with van der Waals surface area (Å²) in [5.74, 6) is 0. The highest BCUT2D eigenvalue weighted by Crippen LogP contribution is 2.30. The first-order chi connectivity index (χ1) is 9.42. The van der Waals surface area contributed by atoms with Crippen LogP contribution >= 0.6 is 0 Å². The molecule has 0 aliphatic carbocycles. The van der Waals surface area contributed by atoms with Crippen LogP contribution < -0.4 is 10.2 Å². The molecule has 0 saturated carbocycles. The van der Waals surface area contributed by atoms with E-state index in [4.69, 9.17) is 0 Å². The number of anilines is 1. The third kappa shape index (κ3) is 4.71. The highest BCUT2D eigenvalue weighted by atomic mass is 19.4. The van der Waals surface area contributed by atoms with Gasteiger partial charge in [-0.25, -0.2) is 0 Å². The summed E-state index contributed by atoms with van der Waals surface area (Å²) in [6.07, 6.45) is -2.68. The molecule has 5 heteroatoms. The van der Waals surface area contributed by atoms with Gasteiger partial charge in [0.05, 0.1) is 0 Å². The van der Waals surface area contributed by atoms with Crippen molar-refractivity contribution in [2.75, 3.05) is 25.0 Å². The summed E-state index contributed by atoms with van der Waals surface area (Å²) in [6, 6.07) is 7.41. The van der Waals surface area contributed by atoms with Crippen LogP contribution in [0.2, 0.25) is 0 Å². The van der Waals surface area contributed by atoms with Crippen LogP contribution in [0.4, 0.5) is 18.9 Å². The number of halogens is 3. The Hall–Kier alpha value is -1.23. The van der Waals surface area contributed by atoms with Gasteiger partial charge in [0.15, 0.2) is 0 Å². The number of hydrogen-bond acceptors (Lipinski definition) is 2. The van der Waals surface area contributed by atoms with E-state index in [-0.39, 0.29) is 6.04 Å². The zero-order valence-electron chi connectivity index (χ0n) is 12.3. The van der Waals surface area contributed by atoms with Gasteiger partial charge >= 0.3 is 6.18 Å². The van der Waals surface area contributed by atoms with Crippen molar-refractivity contribution in [2.24, 2.45) is 0 Å². The minimum Gasteiger partial charge on any atom is -0.362 e. The van der Waals surface area contributed by atoms with Crippen molar-refractivity contribution in [3.05, 3.63) is 29.8 Å². The third-order valence-corrected chi connectivity index (χ3v) is 3.27. The van der Waals surface area contributed by atoms with Crippen molar-refractivity contribution >= 4 is 5.69 Å². The Balaban J connectivity index is 3.12. The van der Waals surface area contributed by atoms with E-state index in [2.05, 4.69) is 5.32 Å². The summed E-state index contributed by atoms with van der Waals surface area (Å²) in [6.45, 7) is 3.40. The van der Waals surface area contributed by atoms with E-state index < -0.39 is 12.7 Å². The van der Waals surface area contributed by atoms with Gasteiger partial charge in [-0.05, 0) is 31.5 Å². The number of benzene rings is 1. The van der Waals surface area contributed by atoms with Crippen molar-refractivity contribution in [3.8, 4) is 0 Å². The molecule has 0 aromatic heterocycles. The molecule has 0 aliphatic heterocycles. The molecule has 0 saturated heterocycles. The van der Waals surface area contributed by atoms with Gasteiger partial charge in [0.2, 0.25) is 0 Å². The van der Waals surface area contributed by atoms with Gasteiger partial charge in [-0.1, -0.05) is 32.0 Å². The molecule has 20 heavy (non-hydrogen) atoms. The molecule has 0 bridgehead atoms. The Bertz CT molecular complexity index is 400. The minimum absolute atomic E-state index is 0.0683. The summed E-state index contributed by atoms with van der Waals surface area (Å²) in [7, 11) is 1.83.